The van der Waals surface area contributed by atoms with Crippen molar-refractivity contribution in [3.05, 3.63) is 24.3 Å². The molecule has 0 heterocycles. The number of ether oxygens (including phenoxy) is 1. The van der Waals surface area contributed by atoms with Crippen molar-refractivity contribution in [3.63, 3.8) is 0 Å². The van der Waals surface area contributed by atoms with Crippen molar-refractivity contribution < 1.29 is 19.4 Å². The Morgan fingerprint density at radius 2 is 1.95 bits per heavy atom. The Kier molecular flexibility index (Phi) is 5.43. The Labute approximate surface area is 123 Å². The lowest BCUT2D eigenvalue weighted by Crippen LogP contribution is -2.31. The lowest BCUT2D eigenvalue weighted by molar-refractivity contribution is -0.139. The summed E-state index contributed by atoms with van der Waals surface area (Å²) in [4.78, 5) is 22.0. The van der Waals surface area contributed by atoms with Gasteiger partial charge in [0.05, 0.1) is 0 Å². The number of hydrogen-bond donors (Lipinski definition) is 3. The van der Waals surface area contributed by atoms with Crippen LogP contribution in [0.15, 0.2) is 24.3 Å². The van der Waals surface area contributed by atoms with Gasteiger partial charge in [-0.15, -0.1) is 0 Å². The summed E-state index contributed by atoms with van der Waals surface area (Å²) in [5.74, 6) is 0.201. The van der Waals surface area contributed by atoms with Gasteiger partial charge in [0.15, 0.2) is 6.61 Å². The fourth-order valence-corrected chi connectivity index (χ4v) is 2.13. The van der Waals surface area contributed by atoms with Crippen molar-refractivity contribution in [2.45, 2.75) is 25.7 Å². The summed E-state index contributed by atoms with van der Waals surface area (Å²) < 4.78 is 5.01. The zero-order valence-corrected chi connectivity index (χ0v) is 11.8. The summed E-state index contributed by atoms with van der Waals surface area (Å²) in [6.07, 6.45) is 4.91. The molecule has 0 bridgehead atoms. The van der Waals surface area contributed by atoms with Crippen LogP contribution in [0, 0.1) is 5.92 Å². The molecule has 21 heavy (non-hydrogen) atoms. The SMILES string of the molecule is O=C(O)COc1ccc(NC(=O)NCCC2CCC2)cc1. The van der Waals surface area contributed by atoms with Gasteiger partial charge in [0.25, 0.3) is 0 Å². The van der Waals surface area contributed by atoms with Crippen LogP contribution in [0.1, 0.15) is 25.7 Å². The maximum Gasteiger partial charge on any atom is 0.341 e. The van der Waals surface area contributed by atoms with E-state index in [0.29, 0.717) is 18.0 Å². The van der Waals surface area contributed by atoms with Crippen LogP contribution in [0.3, 0.4) is 0 Å². The first-order valence-corrected chi connectivity index (χ1v) is 7.13. The molecule has 0 radical (unpaired) electrons. The highest BCUT2D eigenvalue weighted by Crippen LogP contribution is 2.28. The number of hydrogen-bond acceptors (Lipinski definition) is 3. The molecule has 2 amide bonds. The van der Waals surface area contributed by atoms with Crippen LogP contribution in [0.25, 0.3) is 0 Å². The maximum absolute atomic E-state index is 11.7. The van der Waals surface area contributed by atoms with Crippen molar-refractivity contribution in [2.75, 3.05) is 18.5 Å². The van der Waals surface area contributed by atoms with Crippen molar-refractivity contribution in [1.82, 2.24) is 5.32 Å². The Bertz CT molecular complexity index is 483. The van der Waals surface area contributed by atoms with Crippen molar-refractivity contribution >= 4 is 17.7 Å². The summed E-state index contributed by atoms with van der Waals surface area (Å²) >= 11 is 0. The number of carbonyl (C=O) groups is 2. The second kappa shape index (κ2) is 7.52. The number of carboxylic acid groups (broad SMARTS) is 1. The largest absolute Gasteiger partial charge is 0.482 e. The van der Waals surface area contributed by atoms with Crippen molar-refractivity contribution in [2.24, 2.45) is 5.92 Å². The van der Waals surface area contributed by atoms with E-state index in [9.17, 15) is 9.59 Å². The fourth-order valence-electron chi connectivity index (χ4n) is 2.13. The maximum atomic E-state index is 11.7. The highest BCUT2D eigenvalue weighted by molar-refractivity contribution is 5.89. The zero-order valence-electron chi connectivity index (χ0n) is 11.8. The normalized spacial score (nSPS) is 14.1. The summed E-state index contributed by atoms with van der Waals surface area (Å²) in [5.41, 5.74) is 0.638. The molecular weight excluding hydrogens is 272 g/mol. The summed E-state index contributed by atoms with van der Waals surface area (Å²) in [7, 11) is 0. The van der Waals surface area contributed by atoms with Crippen LogP contribution in [0.4, 0.5) is 10.5 Å². The average Bonchev–Trinajstić information content (AvgIpc) is 2.41. The first-order valence-electron chi connectivity index (χ1n) is 7.13. The van der Waals surface area contributed by atoms with Gasteiger partial charge in [0, 0.05) is 12.2 Å². The summed E-state index contributed by atoms with van der Waals surface area (Å²) in [5, 5.41) is 14.0. The van der Waals surface area contributed by atoms with Crippen molar-refractivity contribution in [3.8, 4) is 5.75 Å². The number of carboxylic acids is 1. The third kappa shape index (κ3) is 5.33. The lowest BCUT2D eigenvalue weighted by atomic mass is 9.83. The van der Waals surface area contributed by atoms with Crippen molar-refractivity contribution in [1.29, 1.82) is 0 Å². The second-order valence-corrected chi connectivity index (χ2v) is 5.17. The monoisotopic (exact) mass is 292 g/mol. The van der Waals surface area contributed by atoms with Crippen LogP contribution >= 0.6 is 0 Å². The van der Waals surface area contributed by atoms with Gasteiger partial charge in [-0.25, -0.2) is 9.59 Å². The number of rotatable bonds is 7. The molecule has 0 atom stereocenters. The molecule has 2 rings (SSSR count). The zero-order chi connectivity index (χ0) is 15.1. The standard InChI is InChI=1S/C15H20N2O4/c18-14(19)10-21-13-6-4-12(5-7-13)17-15(20)16-9-8-11-2-1-3-11/h4-7,11H,1-3,8-10H2,(H,18,19)(H2,16,17,20). The number of amides is 2. The minimum Gasteiger partial charge on any atom is -0.482 e. The molecule has 0 unspecified atom stereocenters. The Morgan fingerprint density at radius 1 is 1.24 bits per heavy atom. The first kappa shape index (κ1) is 15.2. The molecule has 1 saturated carbocycles. The average molecular weight is 292 g/mol. The third-order valence-electron chi connectivity index (χ3n) is 3.54. The predicted octanol–water partition coefficient (Wildman–Crippen LogP) is 2.46. The molecule has 0 aromatic heterocycles. The predicted molar refractivity (Wildman–Crippen MR) is 78.6 cm³/mol. The van der Waals surface area contributed by atoms with Gasteiger partial charge in [-0.3, -0.25) is 0 Å². The van der Waals surface area contributed by atoms with Gasteiger partial charge in [-0.2, -0.15) is 0 Å². The number of anilines is 1. The van der Waals surface area contributed by atoms with E-state index in [0.717, 1.165) is 12.3 Å². The van der Waals surface area contributed by atoms with E-state index in [1.807, 2.05) is 0 Å². The molecule has 0 spiro atoms. The Balaban J connectivity index is 1.68. The van der Waals surface area contributed by atoms with E-state index in [2.05, 4.69) is 10.6 Å². The van der Waals surface area contributed by atoms with Gasteiger partial charge in [0.1, 0.15) is 5.75 Å². The molecule has 1 aromatic rings. The number of aliphatic carboxylic acids is 1. The molecule has 1 fully saturated rings. The highest BCUT2D eigenvalue weighted by Gasteiger charge is 2.16. The smallest absolute Gasteiger partial charge is 0.341 e. The fraction of sp³-hybridized carbons (Fsp3) is 0.467. The van der Waals surface area contributed by atoms with Crippen LogP contribution in [-0.4, -0.2) is 30.3 Å². The van der Waals surface area contributed by atoms with Crippen LogP contribution in [0.5, 0.6) is 5.75 Å². The molecule has 1 aliphatic carbocycles. The molecular formula is C15H20N2O4. The topological polar surface area (TPSA) is 87.7 Å². The lowest BCUT2D eigenvalue weighted by Gasteiger charge is -2.25. The Hall–Kier alpha value is -2.24. The van der Waals surface area contributed by atoms with Gasteiger partial charge in [0.2, 0.25) is 0 Å². The van der Waals surface area contributed by atoms with Crippen LogP contribution < -0.4 is 15.4 Å². The minimum absolute atomic E-state index is 0.228. The van der Waals surface area contributed by atoms with E-state index >= 15 is 0 Å². The van der Waals surface area contributed by atoms with Gasteiger partial charge < -0.3 is 20.5 Å². The minimum atomic E-state index is -1.02. The van der Waals surface area contributed by atoms with E-state index in [4.69, 9.17) is 9.84 Å². The summed E-state index contributed by atoms with van der Waals surface area (Å²) in [6, 6.07) is 6.35. The molecule has 3 N–H and O–H groups in total. The van der Waals surface area contributed by atoms with Crippen LogP contribution in [-0.2, 0) is 4.79 Å². The summed E-state index contributed by atoms with van der Waals surface area (Å²) in [6.45, 7) is 0.310. The molecule has 114 valence electrons. The number of carbonyl (C=O) groups excluding carboxylic acids is 1. The number of benzene rings is 1. The third-order valence-corrected chi connectivity index (χ3v) is 3.54. The van der Waals surface area contributed by atoms with E-state index < -0.39 is 5.97 Å². The van der Waals surface area contributed by atoms with E-state index in [1.54, 1.807) is 24.3 Å². The van der Waals surface area contributed by atoms with Crippen LogP contribution in [0.2, 0.25) is 0 Å². The molecule has 6 heteroatoms. The molecule has 1 aliphatic rings. The number of nitrogens with one attached hydrogen (secondary N) is 2. The van der Waals surface area contributed by atoms with E-state index in [1.165, 1.54) is 19.3 Å². The molecule has 0 aliphatic heterocycles. The molecule has 1 aromatic carbocycles. The van der Waals surface area contributed by atoms with Gasteiger partial charge >= 0.3 is 12.0 Å². The second-order valence-electron chi connectivity index (χ2n) is 5.17. The Morgan fingerprint density at radius 3 is 2.52 bits per heavy atom. The molecule has 0 saturated heterocycles. The number of urea groups is 1. The van der Waals surface area contributed by atoms with E-state index in [-0.39, 0.29) is 12.6 Å². The highest BCUT2D eigenvalue weighted by atomic mass is 16.5. The first-order chi connectivity index (χ1) is 10.1. The quantitative estimate of drug-likeness (QED) is 0.720. The van der Waals surface area contributed by atoms with Gasteiger partial charge in [-0.1, -0.05) is 19.3 Å². The molecule has 6 nitrogen and oxygen atoms in total. The van der Waals surface area contributed by atoms with Gasteiger partial charge in [-0.05, 0) is 36.6 Å².